The summed E-state index contributed by atoms with van der Waals surface area (Å²) < 4.78 is 5.17. The summed E-state index contributed by atoms with van der Waals surface area (Å²) in [5.41, 5.74) is 3.08. The van der Waals surface area contributed by atoms with Gasteiger partial charge in [0.25, 0.3) is 0 Å². The summed E-state index contributed by atoms with van der Waals surface area (Å²) >= 11 is 0. The fourth-order valence-electron chi connectivity index (χ4n) is 2.24. The third kappa shape index (κ3) is 3.15. The second kappa shape index (κ2) is 6.62. The fourth-order valence-corrected chi connectivity index (χ4v) is 2.24. The first-order chi connectivity index (χ1) is 8.52. The lowest BCUT2D eigenvalue weighted by Gasteiger charge is -2.32. The van der Waals surface area contributed by atoms with Gasteiger partial charge in [-0.3, -0.25) is 0 Å². The Hall–Kier alpha value is -1.25. The number of allylic oxidation sites excluding steroid dienone is 2. The first kappa shape index (κ1) is 14.8. The largest absolute Gasteiger partial charge is 0.463 e. The van der Waals surface area contributed by atoms with Crippen LogP contribution in [-0.2, 0) is 9.53 Å². The summed E-state index contributed by atoms with van der Waals surface area (Å²) in [5, 5.41) is 0. The molecule has 1 unspecified atom stereocenters. The van der Waals surface area contributed by atoms with Crippen LogP contribution in [0.5, 0.6) is 0 Å². The minimum atomic E-state index is -0.170. The van der Waals surface area contributed by atoms with Crippen molar-refractivity contribution in [1.29, 1.82) is 0 Å². The van der Waals surface area contributed by atoms with E-state index in [1.165, 1.54) is 5.57 Å². The van der Waals surface area contributed by atoms with Gasteiger partial charge in [0.05, 0.1) is 12.2 Å². The van der Waals surface area contributed by atoms with Gasteiger partial charge in [0, 0.05) is 24.4 Å². The Bertz CT molecular complexity index is 369. The third-order valence-electron chi connectivity index (χ3n) is 3.54. The standard InChI is InChI=1S/C15H25NO2/c1-6-8-9-16-10-11(3)12(4)14(13(16)5)15(17)18-7-2/h10,12H,6-9H2,1-5H3. The average Bonchev–Trinajstić information content (AvgIpc) is 2.33. The SMILES string of the molecule is CCCCN1C=C(C)C(C)C(C(=O)OCC)=C1C. The highest BCUT2D eigenvalue weighted by Crippen LogP contribution is 2.31. The van der Waals surface area contributed by atoms with Crippen molar-refractivity contribution in [3.05, 3.63) is 23.0 Å². The molecule has 1 heterocycles. The number of rotatable bonds is 5. The van der Waals surface area contributed by atoms with Crippen molar-refractivity contribution in [3.8, 4) is 0 Å². The number of ether oxygens (including phenoxy) is 1. The van der Waals surface area contributed by atoms with Gasteiger partial charge in [-0.1, -0.05) is 20.3 Å². The maximum absolute atomic E-state index is 12.0. The Morgan fingerprint density at radius 1 is 1.39 bits per heavy atom. The van der Waals surface area contributed by atoms with E-state index < -0.39 is 0 Å². The van der Waals surface area contributed by atoms with Crippen LogP contribution in [0.3, 0.4) is 0 Å². The van der Waals surface area contributed by atoms with E-state index in [0.29, 0.717) is 6.61 Å². The van der Waals surface area contributed by atoms with Crippen molar-refractivity contribution in [1.82, 2.24) is 4.90 Å². The Labute approximate surface area is 110 Å². The van der Waals surface area contributed by atoms with Gasteiger partial charge in [-0.25, -0.2) is 4.79 Å². The minimum Gasteiger partial charge on any atom is -0.463 e. The Morgan fingerprint density at radius 3 is 2.61 bits per heavy atom. The molecule has 0 saturated heterocycles. The predicted octanol–water partition coefficient (Wildman–Crippen LogP) is 3.48. The molecule has 3 nitrogen and oxygen atoms in total. The molecule has 1 aliphatic rings. The summed E-state index contributed by atoms with van der Waals surface area (Å²) in [6, 6.07) is 0. The van der Waals surface area contributed by atoms with E-state index in [-0.39, 0.29) is 11.9 Å². The van der Waals surface area contributed by atoms with Crippen LogP contribution in [0.1, 0.15) is 47.5 Å². The Kier molecular flexibility index (Phi) is 5.45. The molecule has 0 fully saturated rings. The van der Waals surface area contributed by atoms with Gasteiger partial charge in [0.15, 0.2) is 0 Å². The number of hydrogen-bond acceptors (Lipinski definition) is 3. The molecular formula is C15H25NO2. The van der Waals surface area contributed by atoms with Crippen LogP contribution in [0.15, 0.2) is 23.0 Å². The topological polar surface area (TPSA) is 29.5 Å². The van der Waals surface area contributed by atoms with Crippen LogP contribution in [0.25, 0.3) is 0 Å². The van der Waals surface area contributed by atoms with Crippen molar-refractivity contribution in [2.75, 3.05) is 13.2 Å². The molecule has 102 valence electrons. The Balaban J connectivity index is 2.98. The van der Waals surface area contributed by atoms with Crippen LogP contribution in [0.4, 0.5) is 0 Å². The zero-order valence-electron chi connectivity index (χ0n) is 12.2. The van der Waals surface area contributed by atoms with Gasteiger partial charge in [-0.05, 0) is 32.8 Å². The van der Waals surface area contributed by atoms with Crippen molar-refractivity contribution in [3.63, 3.8) is 0 Å². The third-order valence-corrected chi connectivity index (χ3v) is 3.54. The van der Waals surface area contributed by atoms with Gasteiger partial charge in [-0.2, -0.15) is 0 Å². The second-order valence-electron chi connectivity index (χ2n) is 4.86. The lowest BCUT2D eigenvalue weighted by Crippen LogP contribution is -2.29. The zero-order valence-corrected chi connectivity index (χ0v) is 12.2. The van der Waals surface area contributed by atoms with Gasteiger partial charge in [0.2, 0.25) is 0 Å². The van der Waals surface area contributed by atoms with Gasteiger partial charge in [-0.15, -0.1) is 0 Å². The summed E-state index contributed by atoms with van der Waals surface area (Å²) in [6.07, 6.45) is 4.45. The molecule has 1 atom stereocenters. The van der Waals surface area contributed by atoms with Crippen molar-refractivity contribution < 1.29 is 9.53 Å². The maximum Gasteiger partial charge on any atom is 0.336 e. The molecule has 0 radical (unpaired) electrons. The number of carbonyl (C=O) groups is 1. The van der Waals surface area contributed by atoms with Gasteiger partial charge < -0.3 is 9.64 Å². The van der Waals surface area contributed by atoms with Crippen LogP contribution in [0, 0.1) is 5.92 Å². The lowest BCUT2D eigenvalue weighted by atomic mass is 9.89. The quantitative estimate of drug-likeness (QED) is 0.701. The number of hydrogen-bond donors (Lipinski definition) is 0. The molecule has 0 aromatic carbocycles. The number of nitrogens with zero attached hydrogens (tertiary/aromatic N) is 1. The molecule has 0 aromatic heterocycles. The van der Waals surface area contributed by atoms with Crippen LogP contribution >= 0.6 is 0 Å². The molecule has 1 aliphatic heterocycles. The highest BCUT2D eigenvalue weighted by molar-refractivity contribution is 5.90. The summed E-state index contributed by atoms with van der Waals surface area (Å²) in [5.74, 6) is -0.0154. The van der Waals surface area contributed by atoms with Crippen molar-refractivity contribution in [2.24, 2.45) is 5.92 Å². The number of unbranched alkanes of at least 4 members (excludes halogenated alkanes) is 1. The van der Waals surface area contributed by atoms with E-state index in [1.54, 1.807) is 0 Å². The minimum absolute atomic E-state index is 0.155. The smallest absolute Gasteiger partial charge is 0.336 e. The molecule has 3 heteroatoms. The molecule has 0 spiro atoms. The Morgan fingerprint density at radius 2 is 2.06 bits per heavy atom. The van der Waals surface area contributed by atoms with Crippen LogP contribution in [-0.4, -0.2) is 24.0 Å². The monoisotopic (exact) mass is 251 g/mol. The highest BCUT2D eigenvalue weighted by Gasteiger charge is 2.28. The zero-order chi connectivity index (χ0) is 13.7. The molecule has 0 saturated carbocycles. The maximum atomic E-state index is 12.0. The normalized spacial score (nSPS) is 19.9. The molecule has 0 N–H and O–H groups in total. The number of carbonyl (C=O) groups excluding carboxylic acids is 1. The van der Waals surface area contributed by atoms with Crippen molar-refractivity contribution >= 4 is 5.97 Å². The summed E-state index contributed by atoms with van der Waals surface area (Å²) in [4.78, 5) is 14.2. The van der Waals surface area contributed by atoms with E-state index in [1.807, 2.05) is 13.8 Å². The van der Waals surface area contributed by atoms with E-state index in [4.69, 9.17) is 4.74 Å². The van der Waals surface area contributed by atoms with E-state index in [2.05, 4.69) is 31.9 Å². The number of esters is 1. The highest BCUT2D eigenvalue weighted by atomic mass is 16.5. The first-order valence-corrected chi connectivity index (χ1v) is 6.85. The van der Waals surface area contributed by atoms with E-state index in [0.717, 1.165) is 30.7 Å². The van der Waals surface area contributed by atoms with Crippen LogP contribution in [0.2, 0.25) is 0 Å². The predicted molar refractivity (Wildman–Crippen MR) is 73.9 cm³/mol. The summed E-state index contributed by atoms with van der Waals surface area (Å²) in [6.45, 7) is 11.6. The molecule has 1 rings (SSSR count). The van der Waals surface area contributed by atoms with Gasteiger partial charge >= 0.3 is 5.97 Å². The van der Waals surface area contributed by atoms with E-state index in [9.17, 15) is 4.79 Å². The molecular weight excluding hydrogens is 226 g/mol. The van der Waals surface area contributed by atoms with Gasteiger partial charge in [0.1, 0.15) is 0 Å². The molecule has 0 aromatic rings. The fraction of sp³-hybridized carbons (Fsp3) is 0.667. The molecule has 18 heavy (non-hydrogen) atoms. The lowest BCUT2D eigenvalue weighted by molar-refractivity contribution is -0.139. The van der Waals surface area contributed by atoms with Crippen molar-refractivity contribution in [2.45, 2.75) is 47.5 Å². The van der Waals surface area contributed by atoms with Crippen LogP contribution < -0.4 is 0 Å². The summed E-state index contributed by atoms with van der Waals surface area (Å²) in [7, 11) is 0. The molecule has 0 bridgehead atoms. The second-order valence-corrected chi connectivity index (χ2v) is 4.86. The molecule has 0 aliphatic carbocycles. The van der Waals surface area contributed by atoms with E-state index >= 15 is 0 Å². The average molecular weight is 251 g/mol. The first-order valence-electron chi connectivity index (χ1n) is 6.85. The molecule has 0 amide bonds.